The minimum absolute atomic E-state index is 0.283. The predicted octanol–water partition coefficient (Wildman–Crippen LogP) is 5.04. The van der Waals surface area contributed by atoms with Crippen molar-refractivity contribution >= 4 is 23.2 Å². The molecule has 0 aliphatic carbocycles. The number of rotatable bonds is 3. The molecule has 0 atom stereocenters. The van der Waals surface area contributed by atoms with Gasteiger partial charge in [0.2, 0.25) is 0 Å². The van der Waals surface area contributed by atoms with E-state index < -0.39 is 6.36 Å². The van der Waals surface area contributed by atoms with Crippen LogP contribution >= 0.6 is 23.2 Å². The number of aromatic nitrogens is 1. The first kappa shape index (κ1) is 14.9. The van der Waals surface area contributed by atoms with Crippen LogP contribution in [0.5, 0.6) is 5.75 Å². The molecule has 0 spiro atoms. The zero-order valence-electron chi connectivity index (χ0n) is 9.92. The van der Waals surface area contributed by atoms with Crippen molar-refractivity contribution in [2.24, 2.45) is 0 Å². The lowest BCUT2D eigenvalue weighted by Crippen LogP contribution is -2.16. The second kappa shape index (κ2) is 5.89. The summed E-state index contributed by atoms with van der Waals surface area (Å²) in [5, 5.41) is 0.382. The third-order valence-corrected chi connectivity index (χ3v) is 3.01. The number of ether oxygens (including phenoxy) is 1. The maximum absolute atomic E-state index is 12.0. The van der Waals surface area contributed by atoms with Crippen molar-refractivity contribution < 1.29 is 17.9 Å². The van der Waals surface area contributed by atoms with E-state index in [1.165, 1.54) is 24.3 Å². The molecular formula is C13H8Cl2F3NO. The number of hydrogen-bond acceptors (Lipinski definition) is 2. The van der Waals surface area contributed by atoms with Crippen LogP contribution in [0.2, 0.25) is 5.02 Å². The van der Waals surface area contributed by atoms with Crippen molar-refractivity contribution in [1.29, 1.82) is 0 Å². The lowest BCUT2D eigenvalue weighted by molar-refractivity contribution is -0.274. The molecule has 0 aliphatic heterocycles. The summed E-state index contributed by atoms with van der Waals surface area (Å²) in [6.45, 7) is 0. The average molecular weight is 322 g/mol. The van der Waals surface area contributed by atoms with E-state index in [1.54, 1.807) is 12.3 Å². The molecule has 0 N–H and O–H groups in total. The smallest absolute Gasteiger partial charge is 0.406 e. The van der Waals surface area contributed by atoms with Crippen molar-refractivity contribution in [3.8, 4) is 17.0 Å². The molecule has 0 unspecified atom stereocenters. The van der Waals surface area contributed by atoms with Gasteiger partial charge in [0.25, 0.3) is 0 Å². The number of hydrogen-bond donors (Lipinski definition) is 0. The van der Waals surface area contributed by atoms with Gasteiger partial charge in [0, 0.05) is 17.6 Å². The monoisotopic (exact) mass is 321 g/mol. The molecule has 2 aromatic rings. The van der Waals surface area contributed by atoms with E-state index in [0.717, 1.165) is 5.56 Å². The van der Waals surface area contributed by atoms with E-state index in [9.17, 15) is 13.2 Å². The van der Waals surface area contributed by atoms with Gasteiger partial charge in [-0.2, -0.15) is 0 Å². The maximum Gasteiger partial charge on any atom is 0.573 e. The average Bonchev–Trinajstić information content (AvgIpc) is 2.38. The molecule has 0 fully saturated rings. The Morgan fingerprint density at radius 3 is 2.30 bits per heavy atom. The van der Waals surface area contributed by atoms with Crippen LogP contribution in [-0.2, 0) is 5.88 Å². The summed E-state index contributed by atoms with van der Waals surface area (Å²) < 4.78 is 39.9. The summed E-state index contributed by atoms with van der Waals surface area (Å²) in [4.78, 5) is 4.14. The molecule has 1 aromatic carbocycles. The number of pyridine rings is 1. The predicted molar refractivity (Wildman–Crippen MR) is 70.9 cm³/mol. The molecule has 0 amide bonds. The second-order valence-electron chi connectivity index (χ2n) is 3.88. The van der Waals surface area contributed by atoms with Crippen molar-refractivity contribution in [2.45, 2.75) is 12.2 Å². The highest BCUT2D eigenvalue weighted by atomic mass is 35.5. The third kappa shape index (κ3) is 3.77. The Hall–Kier alpha value is -1.46. The van der Waals surface area contributed by atoms with Gasteiger partial charge < -0.3 is 4.74 Å². The van der Waals surface area contributed by atoms with E-state index in [2.05, 4.69) is 9.72 Å². The van der Waals surface area contributed by atoms with Crippen LogP contribution in [0.3, 0.4) is 0 Å². The quantitative estimate of drug-likeness (QED) is 0.739. The standard InChI is InChI=1S/C13H8Cl2F3NO/c14-6-8-5-11(15)12(19-7-8)9-1-3-10(4-2-9)20-13(16,17)18/h1-5,7H,6H2. The molecule has 2 nitrogen and oxygen atoms in total. The summed E-state index contributed by atoms with van der Waals surface area (Å²) in [7, 11) is 0. The first-order valence-corrected chi connectivity index (χ1v) is 6.37. The fourth-order valence-corrected chi connectivity index (χ4v) is 2.02. The van der Waals surface area contributed by atoms with Crippen LogP contribution in [0.25, 0.3) is 11.3 Å². The Labute approximate surface area is 123 Å². The highest BCUT2D eigenvalue weighted by Gasteiger charge is 2.30. The largest absolute Gasteiger partial charge is 0.573 e. The van der Waals surface area contributed by atoms with E-state index in [1.807, 2.05) is 0 Å². The summed E-state index contributed by atoms with van der Waals surface area (Å²) in [6.07, 6.45) is -3.15. The molecule has 0 saturated heterocycles. The van der Waals surface area contributed by atoms with Crippen LogP contribution in [-0.4, -0.2) is 11.3 Å². The zero-order valence-corrected chi connectivity index (χ0v) is 11.4. The van der Waals surface area contributed by atoms with Gasteiger partial charge in [-0.25, -0.2) is 0 Å². The first-order chi connectivity index (χ1) is 9.39. The van der Waals surface area contributed by atoms with Crippen LogP contribution in [0, 0.1) is 0 Å². The lowest BCUT2D eigenvalue weighted by atomic mass is 10.1. The van der Waals surface area contributed by atoms with Crippen molar-refractivity contribution in [3.63, 3.8) is 0 Å². The van der Waals surface area contributed by atoms with Gasteiger partial charge in [-0.1, -0.05) is 11.6 Å². The maximum atomic E-state index is 12.0. The van der Waals surface area contributed by atoms with Gasteiger partial charge in [-0.3, -0.25) is 4.98 Å². The van der Waals surface area contributed by atoms with Gasteiger partial charge in [0.05, 0.1) is 10.7 Å². The Bertz CT molecular complexity index is 600. The molecule has 2 rings (SSSR count). The van der Waals surface area contributed by atoms with E-state index in [0.29, 0.717) is 16.3 Å². The zero-order chi connectivity index (χ0) is 14.8. The topological polar surface area (TPSA) is 22.1 Å². The number of halogens is 5. The third-order valence-electron chi connectivity index (χ3n) is 2.41. The van der Waals surface area contributed by atoms with E-state index in [-0.39, 0.29) is 11.6 Å². The SMILES string of the molecule is FC(F)(F)Oc1ccc(-c2ncc(CCl)cc2Cl)cc1. The summed E-state index contributed by atoms with van der Waals surface area (Å²) in [5.41, 5.74) is 1.82. The molecule has 1 aromatic heterocycles. The summed E-state index contributed by atoms with van der Waals surface area (Å²) in [6, 6.07) is 6.98. The van der Waals surface area contributed by atoms with Crippen LogP contribution in [0.15, 0.2) is 36.5 Å². The first-order valence-electron chi connectivity index (χ1n) is 5.45. The number of alkyl halides is 4. The van der Waals surface area contributed by atoms with E-state index in [4.69, 9.17) is 23.2 Å². The molecular weight excluding hydrogens is 314 g/mol. The van der Waals surface area contributed by atoms with Crippen molar-refractivity contribution in [1.82, 2.24) is 4.98 Å². The molecule has 106 valence electrons. The lowest BCUT2D eigenvalue weighted by Gasteiger charge is -2.10. The Kier molecular flexibility index (Phi) is 4.40. The Balaban J connectivity index is 2.26. The van der Waals surface area contributed by atoms with Gasteiger partial charge in [-0.15, -0.1) is 24.8 Å². The minimum atomic E-state index is -4.71. The Morgan fingerprint density at radius 1 is 1.15 bits per heavy atom. The molecule has 7 heteroatoms. The van der Waals surface area contributed by atoms with Gasteiger partial charge in [0.1, 0.15) is 5.75 Å². The van der Waals surface area contributed by atoms with Gasteiger partial charge in [0.15, 0.2) is 0 Å². The van der Waals surface area contributed by atoms with Crippen LogP contribution in [0.1, 0.15) is 5.56 Å². The van der Waals surface area contributed by atoms with E-state index >= 15 is 0 Å². The second-order valence-corrected chi connectivity index (χ2v) is 4.55. The Morgan fingerprint density at radius 2 is 1.80 bits per heavy atom. The van der Waals surface area contributed by atoms with Crippen LogP contribution < -0.4 is 4.74 Å². The molecule has 0 aliphatic rings. The fraction of sp³-hybridized carbons (Fsp3) is 0.154. The minimum Gasteiger partial charge on any atom is -0.406 e. The summed E-state index contributed by atoms with van der Waals surface area (Å²) in [5.74, 6) is -0.0134. The molecule has 0 saturated carbocycles. The van der Waals surface area contributed by atoms with Gasteiger partial charge >= 0.3 is 6.36 Å². The normalized spacial score (nSPS) is 11.4. The number of benzene rings is 1. The molecule has 0 bridgehead atoms. The van der Waals surface area contributed by atoms with Crippen molar-refractivity contribution in [3.05, 3.63) is 47.1 Å². The highest BCUT2D eigenvalue weighted by Crippen LogP contribution is 2.29. The molecule has 1 heterocycles. The highest BCUT2D eigenvalue weighted by molar-refractivity contribution is 6.33. The van der Waals surface area contributed by atoms with Crippen molar-refractivity contribution in [2.75, 3.05) is 0 Å². The summed E-state index contributed by atoms with van der Waals surface area (Å²) >= 11 is 11.7. The fourth-order valence-electron chi connectivity index (χ4n) is 1.58. The van der Waals surface area contributed by atoms with Crippen LogP contribution in [0.4, 0.5) is 13.2 Å². The van der Waals surface area contributed by atoms with Gasteiger partial charge in [-0.05, 0) is 35.9 Å². The number of nitrogens with zero attached hydrogens (tertiary/aromatic N) is 1. The molecule has 20 heavy (non-hydrogen) atoms. The molecule has 0 radical (unpaired) electrons.